The third-order valence-electron chi connectivity index (χ3n) is 4.93. The van der Waals surface area contributed by atoms with Crippen LogP contribution in [0.2, 0.25) is 5.02 Å². The number of halogens is 1. The highest BCUT2D eigenvalue weighted by molar-refractivity contribution is 6.31. The van der Waals surface area contributed by atoms with Gasteiger partial charge in [-0.2, -0.15) is 0 Å². The van der Waals surface area contributed by atoms with Crippen LogP contribution in [0.4, 0.5) is 0 Å². The first-order chi connectivity index (χ1) is 12.0. The molecule has 1 aliphatic rings. The van der Waals surface area contributed by atoms with Gasteiger partial charge in [0.25, 0.3) is 0 Å². The van der Waals surface area contributed by atoms with Crippen molar-refractivity contribution in [3.63, 3.8) is 0 Å². The minimum Gasteiger partial charge on any atom is -0.384 e. The summed E-state index contributed by atoms with van der Waals surface area (Å²) in [5, 5.41) is 14.9. The molecule has 3 rings (SSSR count). The average molecular weight is 360 g/mol. The number of rotatable bonds is 6. The van der Waals surface area contributed by atoms with Crippen molar-refractivity contribution in [2.24, 2.45) is 0 Å². The van der Waals surface area contributed by atoms with Crippen LogP contribution in [0.3, 0.4) is 0 Å². The van der Waals surface area contributed by atoms with Crippen molar-refractivity contribution in [1.82, 2.24) is 15.2 Å². The van der Waals surface area contributed by atoms with E-state index in [0.717, 1.165) is 38.0 Å². The van der Waals surface area contributed by atoms with Crippen molar-refractivity contribution in [1.29, 1.82) is 0 Å². The van der Waals surface area contributed by atoms with E-state index in [1.165, 1.54) is 5.56 Å². The molecule has 1 atom stereocenters. The summed E-state index contributed by atoms with van der Waals surface area (Å²) >= 11 is 6.23. The first-order valence-corrected chi connectivity index (χ1v) is 9.24. The number of pyridine rings is 1. The molecule has 1 aromatic carbocycles. The molecule has 0 saturated carbocycles. The van der Waals surface area contributed by atoms with Crippen molar-refractivity contribution in [3.8, 4) is 0 Å². The molecule has 25 heavy (non-hydrogen) atoms. The zero-order valence-electron chi connectivity index (χ0n) is 14.7. The molecule has 1 aromatic heterocycles. The number of nitrogens with zero attached hydrogens (tertiary/aromatic N) is 2. The SMILES string of the molecule is CC(O)(CNC1CCN(Cc2ccncc2)CC1)c1ccccc1Cl. The van der Waals surface area contributed by atoms with Crippen molar-refractivity contribution < 1.29 is 5.11 Å². The van der Waals surface area contributed by atoms with Crippen LogP contribution in [0.15, 0.2) is 48.8 Å². The summed E-state index contributed by atoms with van der Waals surface area (Å²) in [6.07, 6.45) is 5.87. The van der Waals surface area contributed by atoms with Crippen molar-refractivity contribution in [3.05, 3.63) is 64.9 Å². The summed E-state index contributed by atoms with van der Waals surface area (Å²) in [5.74, 6) is 0. The molecule has 0 bridgehead atoms. The minimum absolute atomic E-state index is 0.433. The van der Waals surface area contributed by atoms with Crippen LogP contribution in [-0.4, -0.2) is 40.7 Å². The maximum atomic E-state index is 10.8. The van der Waals surface area contributed by atoms with Gasteiger partial charge in [-0.25, -0.2) is 0 Å². The molecule has 2 heterocycles. The van der Waals surface area contributed by atoms with Gasteiger partial charge in [-0.1, -0.05) is 29.8 Å². The highest BCUT2D eigenvalue weighted by Gasteiger charge is 2.27. The lowest BCUT2D eigenvalue weighted by atomic mass is 9.94. The Kier molecular flexibility index (Phi) is 6.07. The van der Waals surface area contributed by atoms with Crippen LogP contribution in [0.25, 0.3) is 0 Å². The Bertz CT molecular complexity index is 670. The van der Waals surface area contributed by atoms with E-state index < -0.39 is 5.60 Å². The molecule has 0 radical (unpaired) electrons. The van der Waals surface area contributed by atoms with E-state index in [4.69, 9.17) is 11.6 Å². The summed E-state index contributed by atoms with van der Waals surface area (Å²) < 4.78 is 0. The number of likely N-dealkylation sites (tertiary alicyclic amines) is 1. The molecule has 0 spiro atoms. The smallest absolute Gasteiger partial charge is 0.101 e. The Labute approximate surface area is 154 Å². The molecule has 1 saturated heterocycles. The summed E-state index contributed by atoms with van der Waals surface area (Å²) in [7, 11) is 0. The highest BCUT2D eigenvalue weighted by Crippen LogP contribution is 2.27. The van der Waals surface area contributed by atoms with E-state index >= 15 is 0 Å². The van der Waals surface area contributed by atoms with Crippen LogP contribution in [0.5, 0.6) is 0 Å². The highest BCUT2D eigenvalue weighted by atomic mass is 35.5. The summed E-state index contributed by atoms with van der Waals surface area (Å²) in [5.41, 5.74) is 1.12. The normalized spacial score (nSPS) is 18.8. The molecule has 0 amide bonds. The Morgan fingerprint density at radius 2 is 1.88 bits per heavy atom. The fourth-order valence-corrected chi connectivity index (χ4v) is 3.72. The lowest BCUT2D eigenvalue weighted by Gasteiger charge is -2.34. The van der Waals surface area contributed by atoms with Crippen LogP contribution in [0.1, 0.15) is 30.9 Å². The zero-order valence-corrected chi connectivity index (χ0v) is 15.4. The van der Waals surface area contributed by atoms with Gasteiger partial charge in [0.2, 0.25) is 0 Å². The molecule has 1 aliphatic heterocycles. The maximum Gasteiger partial charge on any atom is 0.101 e. The van der Waals surface area contributed by atoms with E-state index in [0.29, 0.717) is 17.6 Å². The lowest BCUT2D eigenvalue weighted by Crippen LogP contribution is -2.46. The number of nitrogens with one attached hydrogen (secondary N) is 1. The van der Waals surface area contributed by atoms with E-state index in [1.807, 2.05) is 43.6 Å². The Hall–Kier alpha value is -1.46. The molecule has 1 fully saturated rings. The van der Waals surface area contributed by atoms with Gasteiger partial charge in [-0.3, -0.25) is 9.88 Å². The molecule has 1 unspecified atom stereocenters. The number of piperidine rings is 1. The maximum absolute atomic E-state index is 10.8. The first-order valence-electron chi connectivity index (χ1n) is 8.86. The van der Waals surface area contributed by atoms with Crippen LogP contribution in [-0.2, 0) is 12.1 Å². The topological polar surface area (TPSA) is 48.4 Å². The second kappa shape index (κ2) is 8.28. The van der Waals surface area contributed by atoms with Crippen molar-refractivity contribution in [2.75, 3.05) is 19.6 Å². The van der Waals surface area contributed by atoms with E-state index in [2.05, 4.69) is 27.3 Å². The molecular weight excluding hydrogens is 334 g/mol. The molecule has 134 valence electrons. The van der Waals surface area contributed by atoms with Gasteiger partial charge in [0, 0.05) is 42.1 Å². The van der Waals surface area contributed by atoms with E-state index in [9.17, 15) is 5.11 Å². The average Bonchev–Trinajstić information content (AvgIpc) is 2.62. The summed E-state index contributed by atoms with van der Waals surface area (Å²) in [6, 6.07) is 12.1. The van der Waals surface area contributed by atoms with Gasteiger partial charge in [0.15, 0.2) is 0 Å². The van der Waals surface area contributed by atoms with Crippen molar-refractivity contribution in [2.45, 2.75) is 38.0 Å². The predicted molar refractivity (Wildman–Crippen MR) is 102 cm³/mol. The second-order valence-electron chi connectivity index (χ2n) is 7.04. The zero-order chi connectivity index (χ0) is 17.7. The number of hydrogen-bond donors (Lipinski definition) is 2. The molecule has 2 aromatic rings. The third-order valence-corrected chi connectivity index (χ3v) is 5.26. The third kappa shape index (κ3) is 5.02. The molecule has 2 N–H and O–H groups in total. The minimum atomic E-state index is -0.966. The van der Waals surface area contributed by atoms with Crippen LogP contribution < -0.4 is 5.32 Å². The van der Waals surface area contributed by atoms with Gasteiger partial charge in [0.05, 0.1) is 0 Å². The fourth-order valence-electron chi connectivity index (χ4n) is 3.38. The van der Waals surface area contributed by atoms with Gasteiger partial charge in [-0.15, -0.1) is 0 Å². The second-order valence-corrected chi connectivity index (χ2v) is 7.45. The number of aliphatic hydroxyl groups is 1. The van der Waals surface area contributed by atoms with Gasteiger partial charge >= 0.3 is 0 Å². The largest absolute Gasteiger partial charge is 0.384 e. The number of hydrogen-bond acceptors (Lipinski definition) is 4. The molecular formula is C20H26ClN3O. The number of aromatic nitrogens is 1. The fraction of sp³-hybridized carbons (Fsp3) is 0.450. The van der Waals surface area contributed by atoms with E-state index in [-0.39, 0.29) is 0 Å². The first kappa shape index (κ1) is 18.3. The van der Waals surface area contributed by atoms with Gasteiger partial charge in [0.1, 0.15) is 5.60 Å². The van der Waals surface area contributed by atoms with E-state index in [1.54, 1.807) is 0 Å². The van der Waals surface area contributed by atoms with Crippen molar-refractivity contribution >= 4 is 11.6 Å². The lowest BCUT2D eigenvalue weighted by molar-refractivity contribution is 0.0500. The molecule has 4 nitrogen and oxygen atoms in total. The molecule has 0 aliphatic carbocycles. The van der Waals surface area contributed by atoms with Gasteiger partial charge < -0.3 is 10.4 Å². The Morgan fingerprint density at radius 1 is 1.20 bits per heavy atom. The predicted octanol–water partition coefficient (Wildman–Crippen LogP) is 3.20. The van der Waals surface area contributed by atoms with Gasteiger partial charge in [-0.05, 0) is 56.6 Å². The Morgan fingerprint density at radius 3 is 2.56 bits per heavy atom. The standard InChI is InChI=1S/C20H26ClN3O/c1-20(25,18-4-2-3-5-19(18)21)15-23-17-8-12-24(13-9-17)14-16-6-10-22-11-7-16/h2-7,10-11,17,23,25H,8-9,12-15H2,1H3. The summed E-state index contributed by atoms with van der Waals surface area (Å²) in [4.78, 5) is 6.54. The Balaban J connectivity index is 1.47. The molecule has 5 heteroatoms. The monoisotopic (exact) mass is 359 g/mol. The van der Waals surface area contributed by atoms with Crippen LogP contribution >= 0.6 is 11.6 Å². The van der Waals surface area contributed by atoms with Crippen LogP contribution in [0, 0.1) is 0 Å². The quantitative estimate of drug-likeness (QED) is 0.831. The summed E-state index contributed by atoms with van der Waals surface area (Å²) in [6.45, 7) is 5.43. The number of benzene rings is 1.